The summed E-state index contributed by atoms with van der Waals surface area (Å²) in [5.41, 5.74) is 0. The summed E-state index contributed by atoms with van der Waals surface area (Å²) in [5, 5.41) is 0.423. The van der Waals surface area contributed by atoms with Crippen molar-refractivity contribution in [1.29, 1.82) is 0 Å². The van der Waals surface area contributed by atoms with Crippen molar-refractivity contribution in [2.24, 2.45) is 0 Å². The van der Waals surface area contributed by atoms with Gasteiger partial charge in [0.05, 0.1) is 5.02 Å². The van der Waals surface area contributed by atoms with E-state index >= 15 is 0 Å². The van der Waals surface area contributed by atoms with Crippen molar-refractivity contribution in [3.63, 3.8) is 0 Å². The van der Waals surface area contributed by atoms with E-state index in [1.54, 1.807) is 12.3 Å². The fraction of sp³-hybridized carbons (Fsp3) is 0.364. The third-order valence-corrected chi connectivity index (χ3v) is 4.16. The number of hydrogen-bond donors (Lipinski definition) is 0. The van der Waals surface area contributed by atoms with Gasteiger partial charge in [-0.25, -0.2) is 4.98 Å². The first-order valence-corrected chi connectivity index (χ1v) is 7.31. The van der Waals surface area contributed by atoms with E-state index in [1.165, 1.54) is 23.6 Å². The Balaban J connectivity index is 2.19. The SMILES string of the molecule is CC(=O)SC1CC(=O)N(c2ncc(Br)cc2Cl)C1. The van der Waals surface area contributed by atoms with Crippen molar-refractivity contribution in [3.8, 4) is 0 Å². The van der Waals surface area contributed by atoms with E-state index in [4.69, 9.17) is 11.6 Å². The maximum atomic E-state index is 11.9. The molecule has 2 rings (SSSR count). The van der Waals surface area contributed by atoms with Gasteiger partial charge in [0.1, 0.15) is 0 Å². The van der Waals surface area contributed by atoms with E-state index in [-0.39, 0.29) is 16.3 Å². The molecule has 0 aliphatic carbocycles. The summed E-state index contributed by atoms with van der Waals surface area (Å²) in [6.45, 7) is 1.97. The van der Waals surface area contributed by atoms with Crippen LogP contribution in [-0.2, 0) is 9.59 Å². The van der Waals surface area contributed by atoms with Gasteiger partial charge in [0.2, 0.25) is 5.91 Å². The normalized spacial score (nSPS) is 19.4. The Hall–Kier alpha value is -0.590. The summed E-state index contributed by atoms with van der Waals surface area (Å²) in [4.78, 5) is 28.6. The molecule has 1 unspecified atom stereocenters. The van der Waals surface area contributed by atoms with E-state index in [2.05, 4.69) is 20.9 Å². The molecule has 1 saturated heterocycles. The Morgan fingerprint density at radius 1 is 1.67 bits per heavy atom. The minimum atomic E-state index is -0.0505. The van der Waals surface area contributed by atoms with Crippen LogP contribution in [0.3, 0.4) is 0 Å². The van der Waals surface area contributed by atoms with E-state index in [9.17, 15) is 9.59 Å². The third kappa shape index (κ3) is 3.05. The van der Waals surface area contributed by atoms with Crippen LogP contribution in [0.1, 0.15) is 13.3 Å². The summed E-state index contributed by atoms with van der Waals surface area (Å²) >= 11 is 10.5. The lowest BCUT2D eigenvalue weighted by molar-refractivity contribution is -0.117. The average Bonchev–Trinajstić information content (AvgIpc) is 2.58. The molecule has 18 heavy (non-hydrogen) atoms. The minimum absolute atomic E-state index is 0.0171. The highest BCUT2D eigenvalue weighted by molar-refractivity contribution is 9.10. The fourth-order valence-corrected chi connectivity index (χ4v) is 3.45. The molecule has 0 aromatic carbocycles. The predicted molar refractivity (Wildman–Crippen MR) is 76.0 cm³/mol. The Morgan fingerprint density at radius 2 is 2.39 bits per heavy atom. The van der Waals surface area contributed by atoms with E-state index in [1.807, 2.05) is 0 Å². The monoisotopic (exact) mass is 348 g/mol. The Labute approximate surface area is 122 Å². The standard InChI is InChI=1S/C11H10BrClN2O2S/c1-6(16)18-8-3-10(17)15(5-8)11-9(13)2-7(12)4-14-11/h2,4,8H,3,5H2,1H3. The second kappa shape index (κ2) is 5.59. The molecular weight excluding hydrogens is 340 g/mol. The molecule has 2 heterocycles. The molecule has 1 amide bonds. The number of carbonyl (C=O) groups is 2. The number of thioether (sulfide) groups is 1. The lowest BCUT2D eigenvalue weighted by atomic mass is 10.4. The Kier molecular flexibility index (Phi) is 4.29. The van der Waals surface area contributed by atoms with Crippen LogP contribution in [0.2, 0.25) is 5.02 Å². The van der Waals surface area contributed by atoms with Gasteiger partial charge in [0.25, 0.3) is 0 Å². The molecule has 7 heteroatoms. The molecule has 1 aromatic heterocycles. The summed E-state index contributed by atoms with van der Waals surface area (Å²) in [6.07, 6.45) is 1.94. The quantitative estimate of drug-likeness (QED) is 0.824. The molecule has 1 aromatic rings. The van der Waals surface area contributed by atoms with Crippen molar-refractivity contribution in [1.82, 2.24) is 4.98 Å². The van der Waals surface area contributed by atoms with Crippen LogP contribution >= 0.6 is 39.3 Å². The van der Waals surface area contributed by atoms with Crippen molar-refractivity contribution < 1.29 is 9.59 Å². The largest absolute Gasteiger partial charge is 0.294 e. The molecule has 1 fully saturated rings. The van der Waals surface area contributed by atoms with Gasteiger partial charge in [-0.15, -0.1) is 0 Å². The molecule has 1 aliphatic rings. The second-order valence-corrected chi connectivity index (χ2v) is 6.70. The Morgan fingerprint density at radius 3 is 3.00 bits per heavy atom. The molecule has 96 valence electrons. The van der Waals surface area contributed by atoms with Gasteiger partial charge >= 0.3 is 0 Å². The summed E-state index contributed by atoms with van der Waals surface area (Å²) in [5.74, 6) is 0.405. The van der Waals surface area contributed by atoms with Crippen molar-refractivity contribution in [3.05, 3.63) is 21.8 Å². The lowest BCUT2D eigenvalue weighted by Gasteiger charge is -2.16. The molecule has 1 aliphatic heterocycles. The number of rotatable bonds is 2. The molecular formula is C11H10BrClN2O2S. The van der Waals surface area contributed by atoms with Crippen LogP contribution < -0.4 is 4.90 Å². The first-order chi connectivity index (χ1) is 8.47. The molecule has 1 atom stereocenters. The van der Waals surface area contributed by atoms with Crippen molar-refractivity contribution >= 4 is 56.1 Å². The number of hydrogen-bond acceptors (Lipinski definition) is 4. The van der Waals surface area contributed by atoms with Gasteiger partial charge in [-0.05, 0) is 22.0 Å². The van der Waals surface area contributed by atoms with Crippen LogP contribution in [-0.4, -0.2) is 27.8 Å². The summed E-state index contributed by atoms with van der Waals surface area (Å²) in [6, 6.07) is 1.70. The van der Waals surface area contributed by atoms with E-state index in [0.29, 0.717) is 23.8 Å². The fourth-order valence-electron chi connectivity index (χ4n) is 1.80. The molecule has 0 N–H and O–H groups in total. The lowest BCUT2D eigenvalue weighted by Crippen LogP contribution is -2.26. The maximum absolute atomic E-state index is 11.9. The topological polar surface area (TPSA) is 50.3 Å². The maximum Gasteiger partial charge on any atom is 0.229 e. The van der Waals surface area contributed by atoms with Gasteiger partial charge in [0, 0.05) is 35.8 Å². The molecule has 4 nitrogen and oxygen atoms in total. The highest BCUT2D eigenvalue weighted by Gasteiger charge is 2.33. The number of carbonyl (C=O) groups excluding carboxylic acids is 2. The van der Waals surface area contributed by atoms with Gasteiger partial charge < -0.3 is 0 Å². The van der Waals surface area contributed by atoms with Crippen LogP contribution in [0.15, 0.2) is 16.7 Å². The van der Waals surface area contributed by atoms with Crippen molar-refractivity contribution in [2.75, 3.05) is 11.4 Å². The second-order valence-electron chi connectivity index (χ2n) is 3.90. The minimum Gasteiger partial charge on any atom is -0.294 e. The first kappa shape index (κ1) is 13.8. The van der Waals surface area contributed by atoms with Crippen LogP contribution in [0.4, 0.5) is 5.82 Å². The molecule has 0 saturated carbocycles. The first-order valence-electron chi connectivity index (χ1n) is 5.26. The molecule has 0 spiro atoms. The van der Waals surface area contributed by atoms with Crippen LogP contribution in [0, 0.1) is 0 Å². The summed E-state index contributed by atoms with van der Waals surface area (Å²) in [7, 11) is 0. The van der Waals surface area contributed by atoms with Gasteiger partial charge in [-0.2, -0.15) is 0 Å². The number of aromatic nitrogens is 1. The number of pyridine rings is 1. The summed E-state index contributed by atoms with van der Waals surface area (Å²) < 4.78 is 0.762. The number of halogens is 2. The van der Waals surface area contributed by atoms with E-state index in [0.717, 1.165) is 4.47 Å². The molecule has 0 bridgehead atoms. The third-order valence-electron chi connectivity index (χ3n) is 2.47. The highest BCUT2D eigenvalue weighted by atomic mass is 79.9. The van der Waals surface area contributed by atoms with Gasteiger partial charge in [-0.1, -0.05) is 23.4 Å². The van der Waals surface area contributed by atoms with Crippen LogP contribution in [0.5, 0.6) is 0 Å². The number of nitrogens with zero attached hydrogens (tertiary/aromatic N) is 2. The predicted octanol–water partition coefficient (Wildman–Crippen LogP) is 2.88. The zero-order valence-electron chi connectivity index (χ0n) is 9.52. The van der Waals surface area contributed by atoms with Gasteiger partial charge in [0.15, 0.2) is 10.9 Å². The zero-order chi connectivity index (χ0) is 13.3. The smallest absolute Gasteiger partial charge is 0.229 e. The highest BCUT2D eigenvalue weighted by Crippen LogP contribution is 2.32. The Bertz CT molecular complexity index is 512. The van der Waals surface area contributed by atoms with Crippen molar-refractivity contribution in [2.45, 2.75) is 18.6 Å². The average molecular weight is 350 g/mol. The van der Waals surface area contributed by atoms with Crippen LogP contribution in [0.25, 0.3) is 0 Å². The zero-order valence-corrected chi connectivity index (χ0v) is 12.7. The number of anilines is 1. The molecule has 0 radical (unpaired) electrons. The van der Waals surface area contributed by atoms with Gasteiger partial charge in [-0.3, -0.25) is 14.5 Å². The van der Waals surface area contributed by atoms with E-state index < -0.39 is 0 Å². The number of amides is 1.